The van der Waals surface area contributed by atoms with Crippen LogP contribution in [0.25, 0.3) is 0 Å². The molecule has 0 amide bonds. The third-order valence-corrected chi connectivity index (χ3v) is 2.69. The molecule has 1 heterocycles. The van der Waals surface area contributed by atoms with Gasteiger partial charge in [0, 0.05) is 10.6 Å². The second-order valence-electron chi connectivity index (χ2n) is 3.26. The number of hydrogen-bond donors (Lipinski definition) is 1. The molecule has 0 aliphatic rings. The monoisotopic (exact) mass is 270 g/mol. The van der Waals surface area contributed by atoms with E-state index in [2.05, 4.69) is 15.2 Å². The van der Waals surface area contributed by atoms with E-state index in [0.717, 1.165) is 0 Å². The van der Waals surface area contributed by atoms with Crippen molar-refractivity contribution >= 4 is 28.9 Å². The molecule has 0 spiro atoms. The number of benzene rings is 1. The zero-order valence-electron chi connectivity index (χ0n) is 8.59. The lowest BCUT2D eigenvalue weighted by molar-refractivity contribution is 0.317. The van der Waals surface area contributed by atoms with Gasteiger partial charge >= 0.3 is 0 Å². The van der Waals surface area contributed by atoms with Crippen LogP contribution in [0.3, 0.4) is 0 Å². The van der Waals surface area contributed by atoms with Crippen LogP contribution in [0, 0.1) is 0 Å². The van der Waals surface area contributed by atoms with Gasteiger partial charge in [-0.3, -0.25) is 0 Å². The normalized spacial score (nSPS) is 11.8. The van der Waals surface area contributed by atoms with E-state index in [4.69, 9.17) is 28.4 Å². The summed E-state index contributed by atoms with van der Waals surface area (Å²) in [5.41, 5.74) is 0.992. The molecule has 0 unspecified atom stereocenters. The minimum Gasteiger partial charge on any atom is -0.411 e. The summed E-state index contributed by atoms with van der Waals surface area (Å²) in [7, 11) is 0. The van der Waals surface area contributed by atoms with Crippen molar-refractivity contribution in [1.82, 2.24) is 14.8 Å². The summed E-state index contributed by atoms with van der Waals surface area (Å²) in [6.07, 6.45) is 2.92. The van der Waals surface area contributed by atoms with Gasteiger partial charge < -0.3 is 5.21 Å². The fourth-order valence-corrected chi connectivity index (χ4v) is 1.88. The Bertz CT molecular complexity index is 539. The van der Waals surface area contributed by atoms with Crippen molar-refractivity contribution in [2.45, 2.75) is 6.54 Å². The van der Waals surface area contributed by atoms with Gasteiger partial charge in [0.05, 0.1) is 11.6 Å². The van der Waals surface area contributed by atoms with E-state index in [9.17, 15) is 0 Å². The first-order valence-corrected chi connectivity index (χ1v) is 5.45. The van der Waals surface area contributed by atoms with Crippen LogP contribution in [0.2, 0.25) is 10.0 Å². The largest absolute Gasteiger partial charge is 0.411 e. The van der Waals surface area contributed by atoms with Crippen LogP contribution in [-0.4, -0.2) is 25.7 Å². The maximum atomic E-state index is 9.01. The number of nitrogens with zero attached hydrogens (tertiary/aromatic N) is 4. The standard InChI is InChI=1S/C10H8Cl2N4O/c11-7-1-2-8(9(12)3-7)10(15-17)4-16-6-13-5-14-16/h1-3,5-6,17H,4H2/b15-10+. The van der Waals surface area contributed by atoms with Crippen molar-refractivity contribution < 1.29 is 5.21 Å². The Morgan fingerprint density at radius 1 is 1.41 bits per heavy atom. The van der Waals surface area contributed by atoms with E-state index >= 15 is 0 Å². The first kappa shape index (κ1) is 11.9. The minimum atomic E-state index is 0.276. The Balaban J connectivity index is 2.30. The fourth-order valence-electron chi connectivity index (χ4n) is 1.36. The molecule has 7 heteroatoms. The summed E-state index contributed by atoms with van der Waals surface area (Å²) in [4.78, 5) is 3.80. The smallest absolute Gasteiger partial charge is 0.137 e. The maximum absolute atomic E-state index is 9.01. The van der Waals surface area contributed by atoms with Crippen molar-refractivity contribution in [2.75, 3.05) is 0 Å². The summed E-state index contributed by atoms with van der Waals surface area (Å²) in [5.74, 6) is 0. The molecule has 88 valence electrons. The highest BCUT2D eigenvalue weighted by atomic mass is 35.5. The SMILES string of the molecule is O/N=C(\Cn1cncn1)c1ccc(Cl)cc1Cl. The Morgan fingerprint density at radius 2 is 2.24 bits per heavy atom. The lowest BCUT2D eigenvalue weighted by atomic mass is 10.1. The second kappa shape index (κ2) is 5.16. The van der Waals surface area contributed by atoms with Crippen LogP contribution in [0.4, 0.5) is 0 Å². The van der Waals surface area contributed by atoms with Crippen molar-refractivity contribution in [3.05, 3.63) is 46.5 Å². The zero-order chi connectivity index (χ0) is 12.3. The quantitative estimate of drug-likeness (QED) is 0.530. The van der Waals surface area contributed by atoms with Crippen molar-refractivity contribution in [3.63, 3.8) is 0 Å². The summed E-state index contributed by atoms with van der Waals surface area (Å²) in [5, 5.41) is 17.1. The predicted molar refractivity (Wildman–Crippen MR) is 64.8 cm³/mol. The van der Waals surface area contributed by atoms with Gasteiger partial charge in [0.1, 0.15) is 18.4 Å². The molecule has 0 bridgehead atoms. The summed E-state index contributed by atoms with van der Waals surface area (Å²) in [6, 6.07) is 4.96. The molecular weight excluding hydrogens is 263 g/mol. The van der Waals surface area contributed by atoms with Crippen molar-refractivity contribution in [1.29, 1.82) is 0 Å². The van der Waals surface area contributed by atoms with Gasteiger partial charge in [0.15, 0.2) is 0 Å². The highest BCUT2D eigenvalue weighted by Gasteiger charge is 2.10. The summed E-state index contributed by atoms with van der Waals surface area (Å²) in [6.45, 7) is 0.276. The van der Waals surface area contributed by atoms with Crippen molar-refractivity contribution in [2.24, 2.45) is 5.16 Å². The number of oxime groups is 1. The first-order valence-electron chi connectivity index (χ1n) is 4.69. The van der Waals surface area contributed by atoms with E-state index in [-0.39, 0.29) is 6.54 Å². The first-order chi connectivity index (χ1) is 8.20. The Hall–Kier alpha value is -1.59. The van der Waals surface area contributed by atoms with Gasteiger partial charge in [-0.1, -0.05) is 28.4 Å². The van der Waals surface area contributed by atoms with Gasteiger partial charge in [-0.15, -0.1) is 0 Å². The fraction of sp³-hybridized carbons (Fsp3) is 0.100. The number of halogens is 2. The lowest BCUT2D eigenvalue weighted by Crippen LogP contribution is -2.12. The number of rotatable bonds is 3. The molecule has 1 aromatic carbocycles. The van der Waals surface area contributed by atoms with E-state index in [1.807, 2.05) is 0 Å². The molecule has 0 fully saturated rings. The molecule has 0 saturated carbocycles. The highest BCUT2D eigenvalue weighted by Crippen LogP contribution is 2.22. The molecule has 0 aliphatic heterocycles. The Labute approximate surface area is 107 Å². The van der Waals surface area contributed by atoms with Crippen molar-refractivity contribution in [3.8, 4) is 0 Å². The maximum Gasteiger partial charge on any atom is 0.137 e. The molecule has 0 aliphatic carbocycles. The minimum absolute atomic E-state index is 0.276. The molecule has 0 atom stereocenters. The van der Waals surface area contributed by atoms with E-state index in [1.165, 1.54) is 17.3 Å². The average Bonchev–Trinajstić information content (AvgIpc) is 2.79. The van der Waals surface area contributed by atoms with E-state index in [0.29, 0.717) is 21.3 Å². The Kier molecular flexibility index (Phi) is 3.61. The van der Waals surface area contributed by atoms with Crippen LogP contribution in [0.1, 0.15) is 5.56 Å². The average molecular weight is 271 g/mol. The van der Waals surface area contributed by atoms with Crippen LogP contribution < -0.4 is 0 Å². The van der Waals surface area contributed by atoms with Crippen LogP contribution in [0.5, 0.6) is 0 Å². The number of hydrogen-bond acceptors (Lipinski definition) is 4. The molecular formula is C10H8Cl2N4O. The highest BCUT2D eigenvalue weighted by molar-refractivity contribution is 6.37. The van der Waals surface area contributed by atoms with Gasteiger partial charge in [0.2, 0.25) is 0 Å². The molecule has 5 nitrogen and oxygen atoms in total. The summed E-state index contributed by atoms with van der Waals surface area (Å²) < 4.78 is 1.53. The molecule has 1 N–H and O–H groups in total. The molecule has 0 radical (unpaired) electrons. The lowest BCUT2D eigenvalue weighted by Gasteiger charge is -2.06. The van der Waals surface area contributed by atoms with E-state index < -0.39 is 0 Å². The number of aromatic nitrogens is 3. The van der Waals surface area contributed by atoms with Crippen LogP contribution in [0.15, 0.2) is 36.0 Å². The Morgan fingerprint density at radius 3 is 2.82 bits per heavy atom. The third kappa shape index (κ3) is 2.75. The molecule has 1 aromatic heterocycles. The van der Waals surface area contributed by atoms with E-state index in [1.54, 1.807) is 18.2 Å². The zero-order valence-corrected chi connectivity index (χ0v) is 10.1. The molecule has 17 heavy (non-hydrogen) atoms. The van der Waals surface area contributed by atoms with Gasteiger partial charge in [-0.05, 0) is 18.2 Å². The van der Waals surface area contributed by atoms with Gasteiger partial charge in [-0.25, -0.2) is 9.67 Å². The van der Waals surface area contributed by atoms with Gasteiger partial charge in [-0.2, -0.15) is 5.10 Å². The molecule has 2 rings (SSSR count). The van der Waals surface area contributed by atoms with Gasteiger partial charge in [0.25, 0.3) is 0 Å². The van der Waals surface area contributed by atoms with Crippen LogP contribution in [-0.2, 0) is 6.54 Å². The summed E-state index contributed by atoms with van der Waals surface area (Å²) >= 11 is 11.8. The third-order valence-electron chi connectivity index (χ3n) is 2.14. The van der Waals surface area contributed by atoms with Crippen LogP contribution >= 0.6 is 23.2 Å². The second-order valence-corrected chi connectivity index (χ2v) is 4.11. The molecule has 0 saturated heterocycles. The molecule has 2 aromatic rings. The predicted octanol–water partition coefficient (Wildman–Crippen LogP) is 2.46. The topological polar surface area (TPSA) is 63.3 Å².